The lowest BCUT2D eigenvalue weighted by Crippen LogP contribution is -2.48. The molecule has 2 rings (SSSR count). The van der Waals surface area contributed by atoms with Crippen LogP contribution in [0.2, 0.25) is 0 Å². The van der Waals surface area contributed by atoms with Crippen molar-refractivity contribution >= 4 is 17.8 Å². The van der Waals surface area contributed by atoms with E-state index in [0.29, 0.717) is 12.1 Å². The van der Waals surface area contributed by atoms with E-state index >= 15 is 0 Å². The van der Waals surface area contributed by atoms with E-state index in [1.807, 2.05) is 6.07 Å². The highest BCUT2D eigenvalue weighted by molar-refractivity contribution is 5.96. The molecular formula is C28H44N2O4. The number of carbonyl (C=O) groups is 3. The molecule has 1 aromatic carbocycles. The molecule has 0 saturated carbocycles. The number of rotatable bonds is 18. The normalized spacial score (nSPS) is 15.6. The van der Waals surface area contributed by atoms with Crippen molar-refractivity contribution in [3.05, 3.63) is 35.9 Å². The number of hydrogen-bond donors (Lipinski definition) is 1. The van der Waals surface area contributed by atoms with E-state index in [1.54, 1.807) is 24.3 Å². The van der Waals surface area contributed by atoms with E-state index < -0.39 is 11.9 Å². The maximum atomic E-state index is 13.1. The van der Waals surface area contributed by atoms with Crippen molar-refractivity contribution in [3.8, 4) is 0 Å². The highest BCUT2D eigenvalue weighted by Crippen LogP contribution is 2.22. The number of hydrogen-bond acceptors (Lipinski definition) is 3. The summed E-state index contributed by atoms with van der Waals surface area (Å²) >= 11 is 0. The maximum Gasteiger partial charge on any atom is 0.308 e. The molecule has 0 aromatic heterocycles. The molecule has 1 aliphatic heterocycles. The van der Waals surface area contributed by atoms with E-state index in [2.05, 4.69) is 6.92 Å². The van der Waals surface area contributed by atoms with Crippen LogP contribution in [0.5, 0.6) is 0 Å². The predicted octanol–water partition coefficient (Wildman–Crippen LogP) is 6.46. The van der Waals surface area contributed by atoms with Gasteiger partial charge in [0.25, 0.3) is 5.91 Å². The second kappa shape index (κ2) is 16.3. The number of aliphatic carboxylic acids is 1. The molecule has 1 aliphatic rings. The van der Waals surface area contributed by atoms with Crippen LogP contribution in [-0.2, 0) is 9.59 Å². The Morgan fingerprint density at radius 1 is 0.853 bits per heavy atom. The minimum Gasteiger partial charge on any atom is -0.481 e. The van der Waals surface area contributed by atoms with Crippen LogP contribution in [-0.4, -0.2) is 46.0 Å². The third kappa shape index (κ3) is 9.86. The Bertz CT molecular complexity index is 737. The van der Waals surface area contributed by atoms with E-state index in [9.17, 15) is 19.5 Å². The Morgan fingerprint density at radius 2 is 1.35 bits per heavy atom. The van der Waals surface area contributed by atoms with Crippen molar-refractivity contribution in [2.75, 3.05) is 13.1 Å². The van der Waals surface area contributed by atoms with Crippen LogP contribution in [0.3, 0.4) is 0 Å². The summed E-state index contributed by atoms with van der Waals surface area (Å²) in [6.07, 6.45) is 17.5. The second-order valence-electron chi connectivity index (χ2n) is 9.61. The number of nitrogens with zero attached hydrogens (tertiary/aromatic N) is 2. The molecule has 1 saturated heterocycles. The summed E-state index contributed by atoms with van der Waals surface area (Å²) in [6.45, 7) is 2.75. The summed E-state index contributed by atoms with van der Waals surface area (Å²) in [4.78, 5) is 37.0. The largest absolute Gasteiger partial charge is 0.481 e. The summed E-state index contributed by atoms with van der Waals surface area (Å²) in [6, 6.07) is 8.90. The van der Waals surface area contributed by atoms with Gasteiger partial charge in [-0.25, -0.2) is 5.01 Å². The van der Waals surface area contributed by atoms with Crippen LogP contribution in [0.4, 0.5) is 0 Å². The molecule has 0 aliphatic carbocycles. The number of unbranched alkanes of at least 4 members (excludes halogenated alkanes) is 13. The van der Waals surface area contributed by atoms with Crippen molar-refractivity contribution in [2.24, 2.45) is 5.92 Å². The summed E-state index contributed by atoms with van der Waals surface area (Å²) in [5.74, 6) is -2.27. The monoisotopic (exact) mass is 472 g/mol. The standard InChI is InChI=1S/C28H44N2O4/c1-2-3-4-5-6-7-8-9-10-11-12-13-14-18-21-29(27(32)24-19-16-15-17-20-24)30-23-25(28(33)34)22-26(30)31/h15-17,19-20,25H,2-14,18,21-23H2,1H3,(H,33,34). The smallest absolute Gasteiger partial charge is 0.308 e. The van der Waals surface area contributed by atoms with Gasteiger partial charge in [-0.15, -0.1) is 0 Å². The molecule has 190 valence electrons. The SMILES string of the molecule is CCCCCCCCCCCCCCCCN(C(=O)c1ccccc1)N1CC(C(=O)O)CC1=O. The molecule has 0 radical (unpaired) electrons. The average molecular weight is 473 g/mol. The fourth-order valence-corrected chi connectivity index (χ4v) is 4.61. The number of benzene rings is 1. The van der Waals surface area contributed by atoms with Crippen LogP contribution in [0.15, 0.2) is 30.3 Å². The van der Waals surface area contributed by atoms with Gasteiger partial charge >= 0.3 is 5.97 Å². The van der Waals surface area contributed by atoms with E-state index in [0.717, 1.165) is 19.3 Å². The molecule has 34 heavy (non-hydrogen) atoms. The van der Waals surface area contributed by atoms with Gasteiger partial charge in [-0.1, -0.05) is 109 Å². The highest BCUT2D eigenvalue weighted by atomic mass is 16.4. The van der Waals surface area contributed by atoms with Gasteiger partial charge in [0, 0.05) is 18.5 Å². The molecule has 2 amide bonds. The summed E-state index contributed by atoms with van der Waals surface area (Å²) < 4.78 is 0. The number of carbonyl (C=O) groups excluding carboxylic acids is 2. The molecule has 1 heterocycles. The number of hydrazine groups is 1. The van der Waals surface area contributed by atoms with Crippen molar-refractivity contribution in [1.82, 2.24) is 10.0 Å². The minimum atomic E-state index is -0.987. The lowest BCUT2D eigenvalue weighted by molar-refractivity contribution is -0.141. The Morgan fingerprint density at radius 3 is 1.82 bits per heavy atom. The van der Waals surface area contributed by atoms with Gasteiger partial charge in [0.2, 0.25) is 5.91 Å². The predicted molar refractivity (Wildman–Crippen MR) is 135 cm³/mol. The molecule has 1 unspecified atom stereocenters. The zero-order chi connectivity index (χ0) is 24.6. The van der Waals surface area contributed by atoms with Crippen molar-refractivity contribution in [1.29, 1.82) is 0 Å². The first-order valence-electron chi connectivity index (χ1n) is 13.4. The van der Waals surface area contributed by atoms with Gasteiger partial charge < -0.3 is 5.11 Å². The topological polar surface area (TPSA) is 77.9 Å². The molecule has 1 atom stereocenters. The minimum absolute atomic E-state index is 0.0490. The van der Waals surface area contributed by atoms with E-state index in [1.165, 1.54) is 80.6 Å². The summed E-state index contributed by atoms with van der Waals surface area (Å²) in [5.41, 5.74) is 0.513. The van der Waals surface area contributed by atoms with Gasteiger partial charge in [-0.2, -0.15) is 0 Å². The Labute approximate surface area is 205 Å². The molecule has 6 nitrogen and oxygen atoms in total. The molecule has 6 heteroatoms. The van der Waals surface area contributed by atoms with Gasteiger partial charge in [0.1, 0.15) is 0 Å². The first-order chi connectivity index (χ1) is 16.5. The van der Waals surface area contributed by atoms with Crippen LogP contribution in [0, 0.1) is 5.92 Å². The third-order valence-electron chi connectivity index (χ3n) is 6.72. The van der Waals surface area contributed by atoms with Crippen LogP contribution in [0.1, 0.15) is 114 Å². The zero-order valence-electron chi connectivity index (χ0n) is 21.1. The average Bonchev–Trinajstić information content (AvgIpc) is 3.23. The Hall–Kier alpha value is -2.37. The lowest BCUT2D eigenvalue weighted by atomic mass is 10.0. The number of carboxylic acids is 1. The van der Waals surface area contributed by atoms with E-state index in [-0.39, 0.29) is 24.8 Å². The van der Waals surface area contributed by atoms with Crippen LogP contribution in [0.25, 0.3) is 0 Å². The number of amides is 2. The van der Waals surface area contributed by atoms with E-state index in [4.69, 9.17) is 0 Å². The first-order valence-corrected chi connectivity index (χ1v) is 13.4. The molecule has 1 aromatic rings. The molecule has 0 bridgehead atoms. The summed E-state index contributed by atoms with van der Waals surface area (Å²) in [7, 11) is 0. The zero-order valence-corrected chi connectivity index (χ0v) is 21.1. The maximum absolute atomic E-state index is 13.1. The fourth-order valence-electron chi connectivity index (χ4n) is 4.61. The fraction of sp³-hybridized carbons (Fsp3) is 0.679. The van der Waals surface area contributed by atoms with Crippen molar-refractivity contribution < 1.29 is 19.5 Å². The van der Waals surface area contributed by atoms with Crippen LogP contribution >= 0.6 is 0 Å². The van der Waals surface area contributed by atoms with Gasteiger partial charge in [0.05, 0.1) is 12.5 Å². The quantitative estimate of drug-likeness (QED) is 0.249. The van der Waals surface area contributed by atoms with Crippen molar-refractivity contribution in [2.45, 2.75) is 103 Å². The third-order valence-corrected chi connectivity index (χ3v) is 6.72. The van der Waals surface area contributed by atoms with Crippen molar-refractivity contribution in [3.63, 3.8) is 0 Å². The van der Waals surface area contributed by atoms with Gasteiger partial charge in [0.15, 0.2) is 0 Å². The first kappa shape index (κ1) is 27.9. The Balaban J connectivity index is 1.68. The second-order valence-corrected chi connectivity index (χ2v) is 9.61. The van der Waals surface area contributed by atoms with Gasteiger partial charge in [-0.3, -0.25) is 19.4 Å². The lowest BCUT2D eigenvalue weighted by Gasteiger charge is -2.32. The van der Waals surface area contributed by atoms with Gasteiger partial charge in [-0.05, 0) is 18.6 Å². The molecular weight excluding hydrogens is 428 g/mol. The highest BCUT2D eigenvalue weighted by Gasteiger charge is 2.39. The molecule has 0 spiro atoms. The van der Waals surface area contributed by atoms with Crippen LogP contribution < -0.4 is 0 Å². The Kier molecular flexibility index (Phi) is 13.4. The molecule has 1 N–H and O–H groups in total. The summed E-state index contributed by atoms with van der Waals surface area (Å²) in [5, 5.41) is 12.1. The molecule has 1 fully saturated rings. The number of carboxylic acid groups (broad SMARTS) is 1.